The quantitative estimate of drug-likeness (QED) is 0.834. The molecule has 1 heterocycles. The van der Waals surface area contributed by atoms with Gasteiger partial charge in [0.05, 0.1) is 0 Å². The number of carboxylic acids is 1. The summed E-state index contributed by atoms with van der Waals surface area (Å²) in [6, 6.07) is 0.0303. The number of hydrogen-bond acceptors (Lipinski definition) is 3. The smallest absolute Gasteiger partial charge is 0.323 e. The predicted molar refractivity (Wildman–Crippen MR) is 80.3 cm³/mol. The Balaban J connectivity index is 1.93. The van der Waals surface area contributed by atoms with Gasteiger partial charge in [0, 0.05) is 32.2 Å². The summed E-state index contributed by atoms with van der Waals surface area (Å²) in [5.74, 6) is -0.917. The Morgan fingerprint density at radius 1 is 1.14 bits per heavy atom. The van der Waals surface area contributed by atoms with Gasteiger partial charge in [0.1, 0.15) is 6.54 Å². The minimum atomic E-state index is -0.917. The molecule has 2 amide bonds. The molecule has 1 aliphatic heterocycles. The number of piperazine rings is 1. The summed E-state index contributed by atoms with van der Waals surface area (Å²) >= 11 is 0. The zero-order valence-electron chi connectivity index (χ0n) is 13.0. The highest BCUT2D eigenvalue weighted by molar-refractivity contribution is 5.80. The molecule has 0 unspecified atom stereocenters. The van der Waals surface area contributed by atoms with Crippen molar-refractivity contribution in [1.82, 2.24) is 14.7 Å². The first-order valence-corrected chi connectivity index (χ1v) is 8.11. The number of carboxylic acid groups (broad SMARTS) is 1. The monoisotopic (exact) mass is 297 g/mol. The van der Waals surface area contributed by atoms with Crippen LogP contribution in [0.5, 0.6) is 0 Å². The number of amides is 2. The summed E-state index contributed by atoms with van der Waals surface area (Å²) in [7, 11) is 0. The first-order chi connectivity index (χ1) is 10.1. The minimum absolute atomic E-state index is 0.0829. The highest BCUT2D eigenvalue weighted by atomic mass is 16.4. The molecule has 21 heavy (non-hydrogen) atoms. The van der Waals surface area contributed by atoms with Crippen LogP contribution in [0, 0.1) is 0 Å². The fraction of sp³-hybridized carbons (Fsp3) is 0.867. The summed E-state index contributed by atoms with van der Waals surface area (Å²) in [5, 5.41) is 9.08. The summed E-state index contributed by atoms with van der Waals surface area (Å²) < 4.78 is 0. The van der Waals surface area contributed by atoms with Gasteiger partial charge in [-0.2, -0.15) is 0 Å². The highest BCUT2D eigenvalue weighted by Gasteiger charge is 2.32. The largest absolute Gasteiger partial charge is 0.480 e. The van der Waals surface area contributed by atoms with Crippen LogP contribution >= 0.6 is 0 Å². The van der Waals surface area contributed by atoms with E-state index in [1.165, 1.54) is 0 Å². The van der Waals surface area contributed by atoms with Gasteiger partial charge in [-0.15, -0.1) is 0 Å². The normalized spacial score (nSPS) is 20.7. The molecule has 0 atom stereocenters. The van der Waals surface area contributed by atoms with Gasteiger partial charge < -0.3 is 14.9 Å². The summed E-state index contributed by atoms with van der Waals surface area (Å²) in [6.07, 6.45) is 5.20. The van der Waals surface area contributed by atoms with Crippen molar-refractivity contribution in [3.8, 4) is 0 Å². The topological polar surface area (TPSA) is 64.1 Å². The van der Waals surface area contributed by atoms with E-state index in [2.05, 4.69) is 11.8 Å². The second kappa shape index (κ2) is 7.64. The van der Waals surface area contributed by atoms with Crippen LogP contribution in [-0.4, -0.2) is 77.1 Å². The van der Waals surface area contributed by atoms with Gasteiger partial charge in [-0.3, -0.25) is 9.69 Å². The number of hydrogen-bond donors (Lipinski definition) is 1. The van der Waals surface area contributed by atoms with Gasteiger partial charge in [-0.1, -0.05) is 19.8 Å². The van der Waals surface area contributed by atoms with E-state index in [9.17, 15) is 9.59 Å². The average Bonchev–Trinajstić information content (AvgIpc) is 2.99. The molecule has 0 bridgehead atoms. The molecule has 2 aliphatic rings. The fourth-order valence-corrected chi connectivity index (χ4v) is 3.38. The molecule has 2 rings (SSSR count). The van der Waals surface area contributed by atoms with Crippen LogP contribution in [0.3, 0.4) is 0 Å². The van der Waals surface area contributed by atoms with Crippen LogP contribution in [0.25, 0.3) is 0 Å². The third-order valence-electron chi connectivity index (χ3n) is 4.50. The lowest BCUT2D eigenvalue weighted by atomic mass is 10.2. The van der Waals surface area contributed by atoms with Crippen molar-refractivity contribution >= 4 is 12.0 Å². The first-order valence-electron chi connectivity index (χ1n) is 8.11. The molecule has 0 aromatic heterocycles. The van der Waals surface area contributed by atoms with Crippen molar-refractivity contribution < 1.29 is 14.7 Å². The van der Waals surface area contributed by atoms with Crippen molar-refractivity contribution in [2.75, 3.05) is 39.3 Å². The lowest BCUT2D eigenvalue weighted by Gasteiger charge is -2.38. The van der Waals surface area contributed by atoms with E-state index in [0.717, 1.165) is 51.7 Å². The zero-order chi connectivity index (χ0) is 15.2. The highest BCUT2D eigenvalue weighted by Crippen LogP contribution is 2.24. The van der Waals surface area contributed by atoms with Crippen LogP contribution in [0.1, 0.15) is 39.0 Å². The summed E-state index contributed by atoms with van der Waals surface area (Å²) in [6.45, 7) is 6.27. The maximum atomic E-state index is 12.7. The zero-order valence-corrected chi connectivity index (χ0v) is 13.0. The number of aliphatic carboxylic acids is 1. The number of carbonyl (C=O) groups excluding carboxylic acids is 1. The predicted octanol–water partition coefficient (Wildman–Crippen LogP) is 1.46. The molecular formula is C15H27N3O3. The third-order valence-corrected chi connectivity index (χ3v) is 4.50. The third kappa shape index (κ3) is 4.33. The number of carbonyl (C=O) groups is 2. The molecule has 1 aliphatic carbocycles. The second-order valence-electron chi connectivity index (χ2n) is 6.07. The van der Waals surface area contributed by atoms with E-state index in [4.69, 9.17) is 5.11 Å². The Kier molecular flexibility index (Phi) is 5.85. The van der Waals surface area contributed by atoms with Crippen molar-refractivity contribution in [1.29, 1.82) is 0 Å². The maximum absolute atomic E-state index is 12.7. The van der Waals surface area contributed by atoms with Crippen molar-refractivity contribution in [3.63, 3.8) is 0 Å². The van der Waals surface area contributed by atoms with Gasteiger partial charge in [0.2, 0.25) is 0 Å². The van der Waals surface area contributed by atoms with E-state index in [1.807, 2.05) is 4.90 Å². The lowest BCUT2D eigenvalue weighted by molar-refractivity contribution is -0.138. The molecule has 6 heteroatoms. The molecule has 0 spiro atoms. The van der Waals surface area contributed by atoms with Crippen LogP contribution < -0.4 is 0 Å². The Labute approximate surface area is 126 Å². The number of nitrogens with zero attached hydrogens (tertiary/aromatic N) is 3. The van der Waals surface area contributed by atoms with Crippen molar-refractivity contribution in [2.45, 2.75) is 45.1 Å². The second-order valence-corrected chi connectivity index (χ2v) is 6.07. The Hall–Kier alpha value is -1.30. The number of urea groups is 1. The van der Waals surface area contributed by atoms with Crippen molar-refractivity contribution in [3.05, 3.63) is 0 Å². The van der Waals surface area contributed by atoms with Crippen molar-refractivity contribution in [2.24, 2.45) is 0 Å². The molecule has 2 fully saturated rings. The average molecular weight is 297 g/mol. The van der Waals surface area contributed by atoms with Gasteiger partial charge in [-0.05, 0) is 25.8 Å². The van der Waals surface area contributed by atoms with E-state index < -0.39 is 5.97 Å². The van der Waals surface area contributed by atoms with E-state index >= 15 is 0 Å². The van der Waals surface area contributed by atoms with Gasteiger partial charge in [0.15, 0.2) is 0 Å². The van der Waals surface area contributed by atoms with Gasteiger partial charge >= 0.3 is 12.0 Å². The minimum Gasteiger partial charge on any atom is -0.480 e. The molecule has 0 aromatic carbocycles. The van der Waals surface area contributed by atoms with E-state index in [1.54, 1.807) is 4.90 Å². The molecule has 1 N–H and O–H groups in total. The van der Waals surface area contributed by atoms with E-state index in [-0.39, 0.29) is 18.6 Å². The van der Waals surface area contributed by atoms with Gasteiger partial charge in [-0.25, -0.2) is 4.79 Å². The first kappa shape index (κ1) is 16.1. The molecular weight excluding hydrogens is 270 g/mol. The Morgan fingerprint density at radius 3 is 2.29 bits per heavy atom. The summed E-state index contributed by atoms with van der Waals surface area (Å²) in [4.78, 5) is 29.5. The molecule has 120 valence electrons. The molecule has 1 saturated carbocycles. The van der Waals surface area contributed by atoms with Crippen LogP contribution in [-0.2, 0) is 4.79 Å². The van der Waals surface area contributed by atoms with Gasteiger partial charge in [0.25, 0.3) is 0 Å². The lowest BCUT2D eigenvalue weighted by Crippen LogP contribution is -2.55. The van der Waals surface area contributed by atoms with Crippen LogP contribution in [0.2, 0.25) is 0 Å². The fourth-order valence-electron chi connectivity index (χ4n) is 3.38. The molecule has 0 radical (unpaired) electrons. The Morgan fingerprint density at radius 2 is 1.76 bits per heavy atom. The standard InChI is InChI=1S/C15H27N3O3/c1-2-7-16-8-10-17(11-9-16)15(21)18(12-14(19)20)13-5-3-4-6-13/h13H,2-12H2,1H3,(H,19,20). The maximum Gasteiger partial charge on any atom is 0.323 e. The van der Waals surface area contributed by atoms with Crippen LogP contribution in [0.4, 0.5) is 4.79 Å². The van der Waals surface area contributed by atoms with Crippen LogP contribution in [0.15, 0.2) is 0 Å². The SMILES string of the molecule is CCCN1CCN(C(=O)N(CC(=O)O)C2CCCC2)CC1. The molecule has 1 saturated heterocycles. The van der Waals surface area contributed by atoms with E-state index in [0.29, 0.717) is 13.1 Å². The number of rotatable bonds is 5. The Bertz CT molecular complexity index is 361. The molecule has 6 nitrogen and oxygen atoms in total. The molecule has 0 aromatic rings. The summed E-state index contributed by atoms with van der Waals surface area (Å²) in [5.41, 5.74) is 0.